The van der Waals surface area contributed by atoms with E-state index in [1.165, 1.54) is 0 Å². The first-order valence-corrected chi connectivity index (χ1v) is 7.58. The highest BCUT2D eigenvalue weighted by atomic mass is 32.1. The summed E-state index contributed by atoms with van der Waals surface area (Å²) in [7, 11) is 0. The van der Waals surface area contributed by atoms with Crippen molar-refractivity contribution < 1.29 is 5.11 Å². The van der Waals surface area contributed by atoms with E-state index in [2.05, 4.69) is 0 Å². The molecule has 0 fully saturated rings. The molecule has 0 amide bonds. The molecule has 0 aliphatic carbocycles. The fraction of sp³-hybridized carbons (Fsp3) is 0.444. The Morgan fingerprint density at radius 2 is 1.55 bits per heavy atom. The lowest BCUT2D eigenvalue weighted by Crippen LogP contribution is -2.17. The van der Waals surface area contributed by atoms with Gasteiger partial charge in [0.1, 0.15) is 16.8 Å². The summed E-state index contributed by atoms with van der Waals surface area (Å²) < 4.78 is 0. The quantitative estimate of drug-likeness (QED) is 0.488. The molecule has 0 saturated heterocycles. The van der Waals surface area contributed by atoms with Crippen LogP contribution in [0.25, 0.3) is 6.08 Å². The van der Waals surface area contributed by atoms with Gasteiger partial charge >= 0.3 is 0 Å². The third-order valence-corrected chi connectivity index (χ3v) is 3.67. The summed E-state index contributed by atoms with van der Waals surface area (Å²) in [5.74, 6) is 0.311. The van der Waals surface area contributed by atoms with Gasteiger partial charge in [-0.1, -0.05) is 53.8 Å². The molecule has 0 spiro atoms. The van der Waals surface area contributed by atoms with Crippen LogP contribution >= 0.6 is 12.2 Å². The highest BCUT2D eigenvalue weighted by Crippen LogP contribution is 2.40. The maximum Gasteiger partial charge on any atom is 0.123 e. The minimum absolute atomic E-state index is 0.0743. The summed E-state index contributed by atoms with van der Waals surface area (Å²) in [6.45, 7) is 12.3. The van der Waals surface area contributed by atoms with Crippen LogP contribution in [0.15, 0.2) is 17.7 Å². The van der Waals surface area contributed by atoms with Gasteiger partial charge in [-0.15, -0.1) is 0 Å². The second kappa shape index (κ2) is 6.10. The van der Waals surface area contributed by atoms with Gasteiger partial charge in [-0.2, -0.15) is 5.26 Å². The Labute approximate surface area is 138 Å². The number of phenols is 1. The topological polar surface area (TPSA) is 70.0 Å². The predicted octanol–water partition coefficient (Wildman–Crippen LogP) is 4.18. The van der Waals surface area contributed by atoms with E-state index in [0.29, 0.717) is 5.75 Å². The van der Waals surface area contributed by atoms with Crippen molar-refractivity contribution in [1.29, 1.82) is 5.26 Å². The molecule has 0 aliphatic rings. The van der Waals surface area contributed by atoms with Gasteiger partial charge in [0, 0.05) is 11.1 Å². The number of rotatable bonds is 2. The molecule has 118 valence electrons. The van der Waals surface area contributed by atoms with Crippen LogP contribution in [0.3, 0.4) is 0 Å². The summed E-state index contributed by atoms with van der Waals surface area (Å²) in [5.41, 5.74) is 7.89. The van der Waals surface area contributed by atoms with Crippen molar-refractivity contribution in [2.45, 2.75) is 52.4 Å². The minimum Gasteiger partial charge on any atom is -0.507 e. The molecule has 0 unspecified atom stereocenters. The van der Waals surface area contributed by atoms with E-state index in [0.717, 1.165) is 16.7 Å². The van der Waals surface area contributed by atoms with Crippen LogP contribution < -0.4 is 5.73 Å². The van der Waals surface area contributed by atoms with Crippen molar-refractivity contribution in [1.82, 2.24) is 0 Å². The Kier molecular flexibility index (Phi) is 5.04. The monoisotopic (exact) mass is 316 g/mol. The van der Waals surface area contributed by atoms with E-state index in [-0.39, 0.29) is 21.4 Å². The molecule has 0 heterocycles. The molecule has 3 nitrogen and oxygen atoms in total. The predicted molar refractivity (Wildman–Crippen MR) is 95.9 cm³/mol. The molecule has 0 atom stereocenters. The van der Waals surface area contributed by atoms with Crippen LogP contribution in [0.5, 0.6) is 5.75 Å². The highest BCUT2D eigenvalue weighted by molar-refractivity contribution is 7.80. The van der Waals surface area contributed by atoms with Crippen molar-refractivity contribution in [3.05, 3.63) is 34.4 Å². The molecule has 3 N–H and O–H groups in total. The minimum atomic E-state index is -0.218. The highest BCUT2D eigenvalue weighted by Gasteiger charge is 2.26. The number of thiocarbonyl (C=S) groups is 1. The van der Waals surface area contributed by atoms with Crippen LogP contribution in [-0.2, 0) is 10.8 Å². The van der Waals surface area contributed by atoms with E-state index in [9.17, 15) is 5.11 Å². The Morgan fingerprint density at radius 1 is 1.14 bits per heavy atom. The zero-order valence-corrected chi connectivity index (χ0v) is 14.9. The third-order valence-electron chi connectivity index (χ3n) is 3.45. The lowest BCUT2D eigenvalue weighted by atomic mass is 9.78. The van der Waals surface area contributed by atoms with Gasteiger partial charge in [0.15, 0.2) is 0 Å². The summed E-state index contributed by atoms with van der Waals surface area (Å²) in [6, 6.07) is 5.79. The normalized spacial score (nSPS) is 12.9. The first kappa shape index (κ1) is 18.2. The van der Waals surface area contributed by atoms with Gasteiger partial charge in [-0.3, -0.25) is 0 Å². The van der Waals surface area contributed by atoms with Crippen molar-refractivity contribution in [3.8, 4) is 11.8 Å². The number of hydrogen-bond donors (Lipinski definition) is 2. The summed E-state index contributed by atoms with van der Waals surface area (Å²) in [5, 5.41) is 19.8. The van der Waals surface area contributed by atoms with E-state index in [4.69, 9.17) is 23.2 Å². The zero-order valence-electron chi connectivity index (χ0n) is 14.1. The van der Waals surface area contributed by atoms with E-state index in [1.807, 2.05) is 59.7 Å². The molecular formula is C18H24N2OS. The SMILES string of the molecule is CC(C)(C)c1cc(/C=C(/C#N)C(N)=S)cc(C(C)(C)C)c1O. The first-order chi connectivity index (χ1) is 9.87. The largest absolute Gasteiger partial charge is 0.507 e. The Balaban J connectivity index is 3.70. The van der Waals surface area contributed by atoms with Gasteiger partial charge in [0.2, 0.25) is 0 Å². The molecule has 0 radical (unpaired) electrons. The summed E-state index contributed by atoms with van der Waals surface area (Å²) >= 11 is 4.89. The molecular weight excluding hydrogens is 292 g/mol. The van der Waals surface area contributed by atoms with Gasteiger partial charge in [0.05, 0.1) is 5.57 Å². The van der Waals surface area contributed by atoms with E-state index in [1.54, 1.807) is 6.08 Å². The van der Waals surface area contributed by atoms with Crippen molar-refractivity contribution in [3.63, 3.8) is 0 Å². The van der Waals surface area contributed by atoms with Crippen molar-refractivity contribution >= 4 is 23.3 Å². The second-order valence-electron chi connectivity index (χ2n) is 7.50. The third kappa shape index (κ3) is 4.08. The molecule has 0 aromatic heterocycles. The molecule has 4 heteroatoms. The maximum absolute atomic E-state index is 10.6. The standard InChI is InChI=1S/C18H24N2OS/c1-17(2,3)13-8-11(7-12(10-19)16(20)22)9-14(15(13)21)18(4,5)6/h7-9,21H,1-6H3,(H2,20,22)/b12-7-. The first-order valence-electron chi connectivity index (χ1n) is 7.17. The molecule has 1 aromatic carbocycles. The van der Waals surface area contributed by atoms with Gasteiger partial charge in [-0.05, 0) is 34.6 Å². The average molecular weight is 316 g/mol. The number of nitrogens with two attached hydrogens (primary N) is 1. The average Bonchev–Trinajstić information content (AvgIpc) is 2.34. The van der Waals surface area contributed by atoms with Crippen molar-refractivity contribution in [2.24, 2.45) is 5.73 Å². The second-order valence-corrected chi connectivity index (χ2v) is 7.94. The molecule has 0 saturated carbocycles. The molecule has 1 rings (SSSR count). The van der Waals surface area contributed by atoms with Crippen LogP contribution in [0, 0.1) is 11.3 Å². The van der Waals surface area contributed by atoms with E-state index >= 15 is 0 Å². The number of hydrogen-bond acceptors (Lipinski definition) is 3. The summed E-state index contributed by atoms with van der Waals surface area (Å²) in [6.07, 6.45) is 1.67. The smallest absolute Gasteiger partial charge is 0.123 e. The lowest BCUT2D eigenvalue weighted by Gasteiger charge is -2.28. The molecule has 22 heavy (non-hydrogen) atoms. The Bertz CT molecular complexity index is 633. The van der Waals surface area contributed by atoms with Crippen LogP contribution in [-0.4, -0.2) is 10.1 Å². The number of phenolic OH excluding ortho intramolecular Hbond substituents is 1. The molecule has 0 aliphatic heterocycles. The lowest BCUT2D eigenvalue weighted by molar-refractivity contribution is 0.423. The zero-order chi connectivity index (χ0) is 17.3. The van der Waals surface area contributed by atoms with E-state index < -0.39 is 0 Å². The van der Waals surface area contributed by atoms with Crippen molar-refractivity contribution in [2.75, 3.05) is 0 Å². The number of nitriles is 1. The van der Waals surface area contributed by atoms with Gasteiger partial charge < -0.3 is 10.8 Å². The fourth-order valence-electron chi connectivity index (χ4n) is 2.21. The Morgan fingerprint density at radius 3 is 1.82 bits per heavy atom. The van der Waals surface area contributed by atoms with Crippen LogP contribution in [0.1, 0.15) is 58.2 Å². The number of benzene rings is 1. The fourth-order valence-corrected chi connectivity index (χ4v) is 2.31. The number of nitrogens with zero attached hydrogens (tertiary/aromatic N) is 1. The van der Waals surface area contributed by atoms with Crippen LogP contribution in [0.2, 0.25) is 0 Å². The van der Waals surface area contributed by atoms with Gasteiger partial charge in [0.25, 0.3) is 0 Å². The molecule has 1 aromatic rings. The van der Waals surface area contributed by atoms with Gasteiger partial charge in [-0.25, -0.2) is 0 Å². The Hall–Kier alpha value is -1.86. The summed E-state index contributed by atoms with van der Waals surface area (Å²) in [4.78, 5) is 0.0743. The number of aromatic hydroxyl groups is 1. The van der Waals surface area contributed by atoms with Crippen LogP contribution in [0.4, 0.5) is 0 Å². The molecule has 0 bridgehead atoms. The maximum atomic E-state index is 10.6.